The number of fused-ring (bicyclic) bond motifs is 1. The van der Waals surface area contributed by atoms with E-state index in [1.54, 1.807) is 10.9 Å². The molecule has 6 rings (SSSR count). The van der Waals surface area contributed by atoms with Crippen molar-refractivity contribution in [2.24, 2.45) is 7.05 Å². The lowest BCUT2D eigenvalue weighted by Crippen LogP contribution is -2.49. The Kier molecular flexibility index (Phi) is 6.83. The number of hydrogen-bond acceptors (Lipinski definition) is 8. The van der Waals surface area contributed by atoms with E-state index >= 15 is 0 Å². The van der Waals surface area contributed by atoms with Gasteiger partial charge in [0.15, 0.2) is 11.5 Å². The zero-order valence-electron chi connectivity index (χ0n) is 21.7. The van der Waals surface area contributed by atoms with E-state index in [4.69, 9.17) is 19.4 Å². The molecule has 0 radical (unpaired) electrons. The number of amides is 1. The van der Waals surface area contributed by atoms with Crippen molar-refractivity contribution >= 4 is 22.8 Å². The molecule has 3 aromatic heterocycles. The number of nitrogens with one attached hydrogen (secondary N) is 1. The molecule has 0 spiro atoms. The third kappa shape index (κ3) is 4.95. The van der Waals surface area contributed by atoms with Crippen LogP contribution in [-0.2, 0) is 16.5 Å². The molecule has 0 saturated carbocycles. The molecule has 3 aromatic rings. The Morgan fingerprint density at radius 3 is 2.46 bits per heavy atom. The van der Waals surface area contributed by atoms with Crippen LogP contribution in [0.2, 0.25) is 0 Å². The van der Waals surface area contributed by atoms with Gasteiger partial charge in [0.2, 0.25) is 0 Å². The van der Waals surface area contributed by atoms with Gasteiger partial charge < -0.3 is 29.2 Å². The van der Waals surface area contributed by atoms with Crippen LogP contribution in [0.25, 0.3) is 22.4 Å². The number of H-pyrrole nitrogens is 1. The number of nitrogens with zero attached hydrogens (tertiary/aromatic N) is 7. The third-order valence-corrected chi connectivity index (χ3v) is 8.06. The zero-order valence-corrected chi connectivity index (χ0v) is 21.7. The zero-order chi connectivity index (χ0) is 25.4. The smallest absolute Gasteiger partial charge is 0.289 e. The number of aromatic nitrogens is 5. The average molecular weight is 509 g/mol. The molecule has 0 aromatic carbocycles. The second kappa shape index (κ2) is 10.4. The van der Waals surface area contributed by atoms with Gasteiger partial charge in [0.05, 0.1) is 30.8 Å². The molecule has 1 amide bonds. The summed E-state index contributed by atoms with van der Waals surface area (Å²) in [6.07, 6.45) is 7.92. The van der Waals surface area contributed by atoms with Crippen molar-refractivity contribution in [3.8, 4) is 11.3 Å². The van der Waals surface area contributed by atoms with Crippen molar-refractivity contribution in [3.63, 3.8) is 0 Å². The SMILES string of the molecule is CN(C(=O)c1nc2c(N3CCOCC3)cc(-c3cnn(C)c3)nc2[nH]1)C1CCN(C2CCOCC2)CC1. The Bertz CT molecular complexity index is 1240. The van der Waals surface area contributed by atoms with Crippen molar-refractivity contribution in [2.45, 2.75) is 37.8 Å². The van der Waals surface area contributed by atoms with E-state index < -0.39 is 0 Å². The van der Waals surface area contributed by atoms with Gasteiger partial charge in [0, 0.05) is 77.3 Å². The second-order valence-electron chi connectivity index (χ2n) is 10.3. The van der Waals surface area contributed by atoms with Crippen LogP contribution in [0.5, 0.6) is 0 Å². The van der Waals surface area contributed by atoms with Crippen molar-refractivity contribution < 1.29 is 14.3 Å². The summed E-state index contributed by atoms with van der Waals surface area (Å²) in [7, 11) is 3.80. The predicted octanol–water partition coefficient (Wildman–Crippen LogP) is 1.91. The van der Waals surface area contributed by atoms with Crippen LogP contribution in [-0.4, -0.2) is 112 Å². The first-order valence-corrected chi connectivity index (χ1v) is 13.4. The van der Waals surface area contributed by atoms with Crippen LogP contribution >= 0.6 is 0 Å². The number of ether oxygens (including phenoxy) is 2. The number of pyridine rings is 1. The fraction of sp³-hybridized carbons (Fsp3) is 0.615. The number of aryl methyl sites for hydroxylation is 1. The quantitative estimate of drug-likeness (QED) is 0.557. The molecular formula is C26H36N8O3. The van der Waals surface area contributed by atoms with Gasteiger partial charge >= 0.3 is 0 Å². The molecule has 11 heteroatoms. The van der Waals surface area contributed by atoms with E-state index in [9.17, 15) is 4.79 Å². The van der Waals surface area contributed by atoms with Gasteiger partial charge in [-0.25, -0.2) is 9.97 Å². The fourth-order valence-corrected chi connectivity index (χ4v) is 5.84. The van der Waals surface area contributed by atoms with Gasteiger partial charge in [-0.3, -0.25) is 9.48 Å². The molecule has 3 aliphatic rings. The molecule has 37 heavy (non-hydrogen) atoms. The molecule has 0 aliphatic carbocycles. The number of aromatic amines is 1. The minimum Gasteiger partial charge on any atom is -0.381 e. The molecule has 0 bridgehead atoms. The summed E-state index contributed by atoms with van der Waals surface area (Å²) in [4.78, 5) is 33.2. The molecule has 11 nitrogen and oxygen atoms in total. The fourth-order valence-electron chi connectivity index (χ4n) is 5.84. The summed E-state index contributed by atoms with van der Waals surface area (Å²) < 4.78 is 12.9. The Labute approximate surface area is 216 Å². The molecule has 3 saturated heterocycles. The van der Waals surface area contributed by atoms with Gasteiger partial charge in [0.1, 0.15) is 5.52 Å². The van der Waals surface area contributed by atoms with Crippen LogP contribution in [0.4, 0.5) is 5.69 Å². The highest BCUT2D eigenvalue weighted by atomic mass is 16.5. The Balaban J connectivity index is 1.23. The van der Waals surface area contributed by atoms with Gasteiger partial charge in [-0.2, -0.15) is 5.10 Å². The highest BCUT2D eigenvalue weighted by Crippen LogP contribution is 2.31. The number of piperidine rings is 1. The molecule has 1 N–H and O–H groups in total. The van der Waals surface area contributed by atoms with Crippen LogP contribution < -0.4 is 4.90 Å². The Hall–Kier alpha value is -3.02. The molecule has 3 fully saturated rings. The van der Waals surface area contributed by atoms with Crippen molar-refractivity contribution in [1.29, 1.82) is 0 Å². The maximum absolute atomic E-state index is 13.6. The molecule has 0 unspecified atom stereocenters. The number of rotatable bonds is 5. The minimum absolute atomic E-state index is 0.0848. The first-order valence-electron chi connectivity index (χ1n) is 13.4. The topological polar surface area (TPSA) is 105 Å². The van der Waals surface area contributed by atoms with Crippen LogP contribution in [0, 0.1) is 0 Å². The normalized spacial score (nSPS) is 20.5. The first kappa shape index (κ1) is 24.3. The standard InChI is InChI=1S/C26H36N8O3/c1-31-17-18(16-27-31)21-15-22(34-9-13-37-14-10-34)23-24(28-21)30-25(29-23)26(35)32(2)19-3-7-33(8-4-19)20-5-11-36-12-6-20/h15-17,19-20H,3-14H2,1-2H3,(H,28,29,30). The number of morpholine rings is 1. The Morgan fingerprint density at radius 2 is 1.76 bits per heavy atom. The van der Waals surface area contributed by atoms with Crippen molar-refractivity contribution in [2.75, 3.05) is 64.6 Å². The lowest BCUT2D eigenvalue weighted by molar-refractivity contribution is 0.0158. The number of likely N-dealkylation sites (tertiary alicyclic amines) is 1. The number of hydrogen-bond donors (Lipinski definition) is 1. The van der Waals surface area contributed by atoms with E-state index in [1.807, 2.05) is 25.2 Å². The van der Waals surface area contributed by atoms with Crippen LogP contribution in [0.1, 0.15) is 36.3 Å². The third-order valence-electron chi connectivity index (χ3n) is 8.06. The molecule has 3 aliphatic heterocycles. The van der Waals surface area contributed by atoms with Crippen molar-refractivity contribution in [1.82, 2.24) is 34.5 Å². The van der Waals surface area contributed by atoms with Crippen molar-refractivity contribution in [3.05, 3.63) is 24.3 Å². The van der Waals surface area contributed by atoms with Gasteiger partial charge in [0.25, 0.3) is 5.91 Å². The lowest BCUT2D eigenvalue weighted by atomic mass is 9.99. The van der Waals surface area contributed by atoms with Crippen LogP contribution in [0.15, 0.2) is 18.5 Å². The highest BCUT2D eigenvalue weighted by molar-refractivity contribution is 5.97. The monoisotopic (exact) mass is 508 g/mol. The lowest BCUT2D eigenvalue weighted by Gasteiger charge is -2.41. The maximum atomic E-state index is 13.6. The molecule has 198 valence electrons. The summed E-state index contributed by atoms with van der Waals surface area (Å²) in [6.45, 7) is 6.63. The van der Waals surface area contributed by atoms with Gasteiger partial charge in [-0.15, -0.1) is 0 Å². The van der Waals surface area contributed by atoms with E-state index in [1.165, 1.54) is 0 Å². The van der Waals surface area contributed by atoms with Gasteiger partial charge in [-0.05, 0) is 31.7 Å². The summed E-state index contributed by atoms with van der Waals surface area (Å²) >= 11 is 0. The number of imidazole rings is 1. The number of carbonyl (C=O) groups excluding carboxylic acids is 1. The molecule has 6 heterocycles. The highest BCUT2D eigenvalue weighted by Gasteiger charge is 2.31. The summed E-state index contributed by atoms with van der Waals surface area (Å²) in [5, 5.41) is 4.31. The summed E-state index contributed by atoms with van der Waals surface area (Å²) in [6, 6.07) is 2.87. The van der Waals surface area contributed by atoms with E-state index in [2.05, 4.69) is 25.9 Å². The minimum atomic E-state index is -0.0848. The number of carbonyl (C=O) groups is 1. The second-order valence-corrected chi connectivity index (χ2v) is 10.3. The predicted molar refractivity (Wildman–Crippen MR) is 140 cm³/mol. The summed E-state index contributed by atoms with van der Waals surface area (Å²) in [5.74, 6) is 0.257. The van der Waals surface area contributed by atoms with Crippen LogP contribution in [0.3, 0.4) is 0 Å². The maximum Gasteiger partial charge on any atom is 0.289 e. The van der Waals surface area contributed by atoms with E-state index in [0.717, 1.165) is 87.5 Å². The Morgan fingerprint density at radius 1 is 1.03 bits per heavy atom. The largest absolute Gasteiger partial charge is 0.381 e. The average Bonchev–Trinajstić information content (AvgIpc) is 3.59. The van der Waals surface area contributed by atoms with Gasteiger partial charge in [-0.1, -0.05) is 0 Å². The summed E-state index contributed by atoms with van der Waals surface area (Å²) in [5.41, 5.74) is 4.04. The number of anilines is 1. The first-order chi connectivity index (χ1) is 18.1. The molecular weight excluding hydrogens is 472 g/mol. The van der Waals surface area contributed by atoms with E-state index in [0.29, 0.717) is 30.7 Å². The molecule has 0 atom stereocenters. The van der Waals surface area contributed by atoms with E-state index in [-0.39, 0.29) is 11.9 Å².